The van der Waals surface area contributed by atoms with Crippen molar-refractivity contribution < 1.29 is 14.4 Å². The zero-order valence-corrected chi connectivity index (χ0v) is 18.6. The molecule has 0 aromatic rings. The predicted molar refractivity (Wildman–Crippen MR) is 116 cm³/mol. The number of aliphatic imine (C=N–C) groups is 1. The normalized spacial score (nSPS) is 14.7. The number of allylic oxidation sites excluding steroid dienone is 1. The van der Waals surface area contributed by atoms with Crippen molar-refractivity contribution in [3.8, 4) is 0 Å². The van der Waals surface area contributed by atoms with Gasteiger partial charge in [-0.3, -0.25) is 19.4 Å². The second-order valence-corrected chi connectivity index (χ2v) is 9.87. The monoisotopic (exact) mass is 389 g/mol. The SMILES string of the molecule is CC(C)(C)CCC(C)(C)C(=O)CCC(=O)CCCCCC(=O)C1=CCCN=C1. The van der Waals surface area contributed by atoms with E-state index in [1.807, 2.05) is 19.9 Å². The summed E-state index contributed by atoms with van der Waals surface area (Å²) in [4.78, 5) is 40.7. The van der Waals surface area contributed by atoms with E-state index in [1.54, 1.807) is 6.21 Å². The maximum absolute atomic E-state index is 12.5. The summed E-state index contributed by atoms with van der Waals surface area (Å²) in [6.07, 6.45) is 10.5. The Balaban J connectivity index is 2.17. The molecule has 0 aliphatic carbocycles. The number of ketones is 3. The van der Waals surface area contributed by atoms with E-state index in [1.165, 1.54) is 0 Å². The molecule has 0 amide bonds. The largest absolute Gasteiger partial charge is 0.300 e. The van der Waals surface area contributed by atoms with E-state index in [2.05, 4.69) is 25.8 Å². The van der Waals surface area contributed by atoms with Crippen LogP contribution in [-0.4, -0.2) is 30.1 Å². The highest BCUT2D eigenvalue weighted by Crippen LogP contribution is 2.32. The molecule has 0 aromatic heterocycles. The second kappa shape index (κ2) is 11.4. The summed E-state index contributed by atoms with van der Waals surface area (Å²) in [6.45, 7) is 11.3. The second-order valence-electron chi connectivity index (χ2n) is 9.87. The highest BCUT2D eigenvalue weighted by atomic mass is 16.1. The van der Waals surface area contributed by atoms with Crippen molar-refractivity contribution >= 4 is 23.6 Å². The average molecular weight is 390 g/mol. The number of hydrogen-bond acceptors (Lipinski definition) is 4. The minimum absolute atomic E-state index is 0.151. The van der Waals surface area contributed by atoms with Gasteiger partial charge in [0.25, 0.3) is 0 Å². The van der Waals surface area contributed by atoms with Gasteiger partial charge in [0.1, 0.15) is 11.6 Å². The summed E-state index contributed by atoms with van der Waals surface area (Å²) in [7, 11) is 0. The fourth-order valence-electron chi connectivity index (χ4n) is 3.17. The Kier molecular flexibility index (Phi) is 9.98. The van der Waals surface area contributed by atoms with E-state index in [0.29, 0.717) is 25.7 Å². The number of dihydropyridines is 1. The lowest BCUT2D eigenvalue weighted by atomic mass is 9.76. The van der Waals surface area contributed by atoms with Crippen LogP contribution in [0.15, 0.2) is 16.6 Å². The number of Topliss-reactive ketones (excluding diaryl/α,β-unsaturated/α-hetero) is 3. The first-order valence-corrected chi connectivity index (χ1v) is 10.8. The topological polar surface area (TPSA) is 63.6 Å². The number of carbonyl (C=O) groups excluding carboxylic acids is 3. The zero-order valence-electron chi connectivity index (χ0n) is 18.6. The summed E-state index contributed by atoms with van der Waals surface area (Å²) in [5, 5.41) is 0. The molecule has 4 heteroatoms. The highest BCUT2D eigenvalue weighted by molar-refractivity contribution is 6.13. The standard InChI is InChI=1S/C24H39NO3/c1-23(2,3)15-16-24(4,5)22(28)14-13-20(26)11-7-6-8-12-21(27)19-10-9-17-25-18-19/h10,18H,6-9,11-17H2,1-5H3. The van der Waals surface area contributed by atoms with Crippen molar-refractivity contribution in [2.24, 2.45) is 15.8 Å². The maximum Gasteiger partial charge on any atom is 0.164 e. The molecule has 1 aliphatic rings. The van der Waals surface area contributed by atoms with Crippen LogP contribution in [0.4, 0.5) is 0 Å². The van der Waals surface area contributed by atoms with E-state index in [-0.39, 0.29) is 28.2 Å². The van der Waals surface area contributed by atoms with E-state index < -0.39 is 0 Å². The molecule has 0 N–H and O–H groups in total. The first-order chi connectivity index (χ1) is 13.0. The number of rotatable bonds is 13. The molecule has 158 valence electrons. The Bertz CT molecular complexity index is 606. The summed E-state index contributed by atoms with van der Waals surface area (Å²) in [5.74, 6) is 0.504. The first-order valence-electron chi connectivity index (χ1n) is 10.8. The van der Waals surface area contributed by atoms with Gasteiger partial charge in [0.05, 0.1) is 0 Å². The summed E-state index contributed by atoms with van der Waals surface area (Å²) < 4.78 is 0. The average Bonchev–Trinajstić information content (AvgIpc) is 2.64. The third kappa shape index (κ3) is 10.1. The molecule has 28 heavy (non-hydrogen) atoms. The van der Waals surface area contributed by atoms with Crippen molar-refractivity contribution in [2.75, 3.05) is 6.54 Å². The molecule has 1 heterocycles. The summed E-state index contributed by atoms with van der Waals surface area (Å²) in [6, 6.07) is 0. The third-order valence-corrected chi connectivity index (χ3v) is 5.42. The van der Waals surface area contributed by atoms with Gasteiger partial charge >= 0.3 is 0 Å². The third-order valence-electron chi connectivity index (χ3n) is 5.42. The van der Waals surface area contributed by atoms with E-state index in [4.69, 9.17) is 0 Å². The van der Waals surface area contributed by atoms with E-state index >= 15 is 0 Å². The van der Waals surface area contributed by atoms with Crippen LogP contribution in [-0.2, 0) is 14.4 Å². The minimum atomic E-state index is -0.356. The van der Waals surface area contributed by atoms with Crippen molar-refractivity contribution in [1.29, 1.82) is 0 Å². The molecule has 0 saturated heterocycles. The van der Waals surface area contributed by atoms with Gasteiger partial charge in [-0.1, -0.05) is 47.1 Å². The molecule has 4 nitrogen and oxygen atoms in total. The number of carbonyl (C=O) groups is 3. The zero-order chi connectivity index (χ0) is 21.2. The van der Waals surface area contributed by atoms with Crippen LogP contribution in [0.1, 0.15) is 98.8 Å². The Labute approximate surface area is 171 Å². The van der Waals surface area contributed by atoms with Gasteiger partial charge in [-0.15, -0.1) is 0 Å². The molecular weight excluding hydrogens is 350 g/mol. The minimum Gasteiger partial charge on any atom is -0.300 e. The smallest absolute Gasteiger partial charge is 0.164 e. The van der Waals surface area contributed by atoms with E-state index in [0.717, 1.165) is 50.6 Å². The number of unbranched alkanes of at least 4 members (excludes halogenated alkanes) is 2. The van der Waals surface area contributed by atoms with Crippen LogP contribution in [0, 0.1) is 10.8 Å². The van der Waals surface area contributed by atoms with Gasteiger partial charge in [0.2, 0.25) is 0 Å². The van der Waals surface area contributed by atoms with Crippen LogP contribution in [0.25, 0.3) is 0 Å². The lowest BCUT2D eigenvalue weighted by Crippen LogP contribution is -2.26. The van der Waals surface area contributed by atoms with Gasteiger partial charge in [0, 0.05) is 49.4 Å². The van der Waals surface area contributed by atoms with E-state index in [9.17, 15) is 14.4 Å². The molecule has 0 radical (unpaired) electrons. The number of hydrogen-bond donors (Lipinski definition) is 0. The van der Waals surface area contributed by atoms with Crippen LogP contribution < -0.4 is 0 Å². The van der Waals surface area contributed by atoms with Crippen molar-refractivity contribution in [1.82, 2.24) is 0 Å². The van der Waals surface area contributed by atoms with Gasteiger partial charge in [-0.05, 0) is 37.5 Å². The molecule has 0 bridgehead atoms. The van der Waals surface area contributed by atoms with Crippen LogP contribution in [0.5, 0.6) is 0 Å². The lowest BCUT2D eigenvalue weighted by molar-refractivity contribution is -0.130. The molecular formula is C24H39NO3. The van der Waals surface area contributed by atoms with Gasteiger partial charge < -0.3 is 0 Å². The quantitative estimate of drug-likeness (QED) is 0.381. The van der Waals surface area contributed by atoms with Crippen molar-refractivity contribution in [3.05, 3.63) is 11.6 Å². The van der Waals surface area contributed by atoms with Crippen LogP contribution in [0.3, 0.4) is 0 Å². The first kappa shape index (κ1) is 24.5. The Morgan fingerprint density at radius 1 is 0.893 bits per heavy atom. The molecule has 1 aliphatic heterocycles. The Morgan fingerprint density at radius 3 is 2.18 bits per heavy atom. The van der Waals surface area contributed by atoms with Crippen LogP contribution in [0.2, 0.25) is 0 Å². The summed E-state index contributed by atoms with van der Waals surface area (Å²) >= 11 is 0. The van der Waals surface area contributed by atoms with Crippen molar-refractivity contribution in [2.45, 2.75) is 98.8 Å². The number of nitrogens with zero attached hydrogens (tertiary/aromatic N) is 1. The molecule has 0 spiro atoms. The lowest BCUT2D eigenvalue weighted by Gasteiger charge is -2.27. The molecule has 0 saturated carbocycles. The molecule has 0 atom stereocenters. The molecule has 1 rings (SSSR count). The highest BCUT2D eigenvalue weighted by Gasteiger charge is 2.28. The molecule has 0 aromatic carbocycles. The van der Waals surface area contributed by atoms with Gasteiger partial charge in [-0.2, -0.15) is 0 Å². The van der Waals surface area contributed by atoms with Gasteiger partial charge in [0.15, 0.2) is 5.78 Å². The van der Waals surface area contributed by atoms with Gasteiger partial charge in [-0.25, -0.2) is 0 Å². The Morgan fingerprint density at radius 2 is 1.57 bits per heavy atom. The van der Waals surface area contributed by atoms with Crippen molar-refractivity contribution in [3.63, 3.8) is 0 Å². The fourth-order valence-corrected chi connectivity index (χ4v) is 3.17. The molecule has 0 unspecified atom stereocenters. The molecule has 0 fully saturated rings. The Hall–Kier alpha value is -1.58. The maximum atomic E-state index is 12.5. The fraction of sp³-hybridized carbons (Fsp3) is 0.750. The van der Waals surface area contributed by atoms with Crippen LogP contribution >= 0.6 is 0 Å². The summed E-state index contributed by atoms with van der Waals surface area (Å²) in [5.41, 5.74) is 0.593. The predicted octanol–water partition coefficient (Wildman–Crippen LogP) is 5.68.